The van der Waals surface area contributed by atoms with Crippen LogP contribution in [0.25, 0.3) is 11.3 Å². The highest BCUT2D eigenvalue weighted by atomic mass is 35.5. The van der Waals surface area contributed by atoms with Crippen LogP contribution in [-0.4, -0.2) is 10.1 Å². The minimum Gasteiger partial charge on any atom is -0.506 e. The van der Waals surface area contributed by atoms with E-state index in [2.05, 4.69) is 10.3 Å². The van der Waals surface area contributed by atoms with Crippen LogP contribution in [0.4, 0.5) is 10.8 Å². The molecular formula is C15H10Cl2N2OS. The molecule has 1 aromatic heterocycles. The maximum atomic E-state index is 9.40. The Labute approximate surface area is 135 Å². The summed E-state index contributed by atoms with van der Waals surface area (Å²) in [6.07, 6.45) is 0. The highest BCUT2D eigenvalue weighted by Gasteiger charge is 2.06. The van der Waals surface area contributed by atoms with Crippen molar-refractivity contribution in [2.75, 3.05) is 5.32 Å². The monoisotopic (exact) mass is 336 g/mol. The molecule has 0 fully saturated rings. The number of halogens is 2. The van der Waals surface area contributed by atoms with Crippen molar-refractivity contribution >= 4 is 45.4 Å². The summed E-state index contributed by atoms with van der Waals surface area (Å²) < 4.78 is 0. The van der Waals surface area contributed by atoms with Crippen LogP contribution in [0.3, 0.4) is 0 Å². The Morgan fingerprint density at radius 1 is 1.05 bits per heavy atom. The highest BCUT2D eigenvalue weighted by molar-refractivity contribution is 7.14. The average Bonchev–Trinajstić information content (AvgIpc) is 2.92. The van der Waals surface area contributed by atoms with Crippen LogP contribution < -0.4 is 5.32 Å². The molecule has 0 bridgehead atoms. The number of benzene rings is 2. The quantitative estimate of drug-likeness (QED) is 0.615. The van der Waals surface area contributed by atoms with Gasteiger partial charge in [0.05, 0.1) is 10.7 Å². The number of phenols is 1. The zero-order chi connectivity index (χ0) is 14.8. The Bertz CT molecular complexity index is 772. The lowest BCUT2D eigenvalue weighted by molar-refractivity contribution is 0.475. The van der Waals surface area contributed by atoms with Gasteiger partial charge in [-0.05, 0) is 30.3 Å². The second-order valence-electron chi connectivity index (χ2n) is 4.34. The predicted molar refractivity (Wildman–Crippen MR) is 89.0 cm³/mol. The fourth-order valence-corrected chi connectivity index (χ4v) is 2.84. The summed E-state index contributed by atoms with van der Waals surface area (Å²) in [5, 5.41) is 16.3. The van der Waals surface area contributed by atoms with Gasteiger partial charge in [-0.2, -0.15) is 0 Å². The van der Waals surface area contributed by atoms with Gasteiger partial charge < -0.3 is 10.4 Å². The molecule has 3 nitrogen and oxygen atoms in total. The molecule has 0 saturated carbocycles. The first kappa shape index (κ1) is 14.2. The van der Waals surface area contributed by atoms with Crippen LogP contribution in [0.1, 0.15) is 0 Å². The normalized spacial score (nSPS) is 10.6. The molecule has 0 amide bonds. The van der Waals surface area contributed by atoms with Crippen molar-refractivity contribution in [3.05, 3.63) is 57.9 Å². The van der Waals surface area contributed by atoms with Crippen molar-refractivity contribution in [1.82, 2.24) is 4.98 Å². The fourth-order valence-electron chi connectivity index (χ4n) is 1.79. The van der Waals surface area contributed by atoms with Gasteiger partial charge in [-0.1, -0.05) is 35.3 Å². The molecule has 0 spiro atoms. The van der Waals surface area contributed by atoms with E-state index in [0.29, 0.717) is 10.0 Å². The average molecular weight is 337 g/mol. The van der Waals surface area contributed by atoms with Gasteiger partial charge in [0, 0.05) is 21.7 Å². The minimum absolute atomic E-state index is 0.0585. The number of aromatic hydroxyl groups is 1. The third kappa shape index (κ3) is 3.29. The summed E-state index contributed by atoms with van der Waals surface area (Å²) in [5.74, 6) is 0.0585. The Hall–Kier alpha value is -1.75. The van der Waals surface area contributed by atoms with Crippen molar-refractivity contribution in [3.63, 3.8) is 0 Å². The Morgan fingerprint density at radius 3 is 2.52 bits per heavy atom. The SMILES string of the molecule is Oc1ccc(Nc2nc(-c3ccc(Cl)cc3)cs2)cc1Cl. The topological polar surface area (TPSA) is 45.1 Å². The molecule has 2 N–H and O–H groups in total. The summed E-state index contributed by atoms with van der Waals surface area (Å²) in [6.45, 7) is 0. The predicted octanol–water partition coefficient (Wildman–Crippen LogP) is 5.57. The van der Waals surface area contributed by atoms with Crippen LogP contribution in [0.2, 0.25) is 10.0 Å². The number of nitrogens with one attached hydrogen (secondary N) is 1. The van der Waals surface area contributed by atoms with Gasteiger partial charge in [-0.25, -0.2) is 4.98 Å². The largest absolute Gasteiger partial charge is 0.506 e. The number of hydrogen-bond acceptors (Lipinski definition) is 4. The number of anilines is 2. The Morgan fingerprint density at radius 2 is 1.81 bits per heavy atom. The van der Waals surface area contributed by atoms with Crippen molar-refractivity contribution in [1.29, 1.82) is 0 Å². The van der Waals surface area contributed by atoms with E-state index in [1.54, 1.807) is 18.2 Å². The Kier molecular flexibility index (Phi) is 4.01. The molecular weight excluding hydrogens is 327 g/mol. The molecule has 21 heavy (non-hydrogen) atoms. The van der Waals surface area contributed by atoms with Crippen LogP contribution in [0.5, 0.6) is 5.75 Å². The van der Waals surface area contributed by atoms with Gasteiger partial charge in [-0.3, -0.25) is 0 Å². The number of rotatable bonds is 3. The molecule has 0 aliphatic heterocycles. The molecule has 0 aliphatic rings. The third-order valence-corrected chi connectivity index (χ3v) is 4.16. The molecule has 1 heterocycles. The van der Waals surface area contributed by atoms with Crippen molar-refractivity contribution in [2.45, 2.75) is 0 Å². The Balaban J connectivity index is 1.81. The number of aromatic nitrogens is 1. The first-order valence-corrected chi connectivity index (χ1v) is 7.72. The van der Waals surface area contributed by atoms with Gasteiger partial charge >= 0.3 is 0 Å². The fraction of sp³-hybridized carbons (Fsp3) is 0. The number of phenolic OH excluding ortho intramolecular Hbond substituents is 1. The molecule has 106 valence electrons. The van der Waals surface area contributed by atoms with E-state index in [1.165, 1.54) is 11.3 Å². The molecule has 0 unspecified atom stereocenters. The van der Waals surface area contributed by atoms with E-state index in [4.69, 9.17) is 23.2 Å². The summed E-state index contributed by atoms with van der Waals surface area (Å²) in [5.41, 5.74) is 2.66. The number of hydrogen-bond donors (Lipinski definition) is 2. The van der Waals surface area contributed by atoms with Crippen LogP contribution in [-0.2, 0) is 0 Å². The van der Waals surface area contributed by atoms with Gasteiger partial charge in [0.25, 0.3) is 0 Å². The minimum atomic E-state index is 0.0585. The molecule has 0 atom stereocenters. The van der Waals surface area contributed by atoms with Crippen molar-refractivity contribution in [2.24, 2.45) is 0 Å². The van der Waals surface area contributed by atoms with Crippen molar-refractivity contribution < 1.29 is 5.11 Å². The molecule has 0 saturated heterocycles. The van der Waals surface area contributed by atoms with Gasteiger partial charge in [0.2, 0.25) is 0 Å². The van der Waals surface area contributed by atoms with Crippen molar-refractivity contribution in [3.8, 4) is 17.0 Å². The van der Waals surface area contributed by atoms with Crippen LogP contribution >= 0.6 is 34.5 Å². The van der Waals surface area contributed by atoms with Gasteiger partial charge in [-0.15, -0.1) is 11.3 Å². The van der Waals surface area contributed by atoms with Gasteiger partial charge in [0.15, 0.2) is 5.13 Å². The lowest BCUT2D eigenvalue weighted by Crippen LogP contribution is -1.89. The van der Waals surface area contributed by atoms with E-state index in [9.17, 15) is 5.11 Å². The van der Waals surface area contributed by atoms with Gasteiger partial charge in [0.1, 0.15) is 5.75 Å². The molecule has 2 aromatic carbocycles. The molecule has 3 aromatic rings. The number of thiazole rings is 1. The van der Waals surface area contributed by atoms with E-state index in [1.807, 2.05) is 29.6 Å². The molecule has 0 radical (unpaired) electrons. The van der Waals surface area contributed by atoms with E-state index in [0.717, 1.165) is 22.1 Å². The summed E-state index contributed by atoms with van der Waals surface area (Å²) >= 11 is 13.2. The van der Waals surface area contributed by atoms with Crippen LogP contribution in [0.15, 0.2) is 47.8 Å². The third-order valence-electron chi connectivity index (χ3n) is 2.84. The van der Waals surface area contributed by atoms with E-state index < -0.39 is 0 Å². The lowest BCUT2D eigenvalue weighted by Gasteiger charge is -2.04. The standard InChI is InChI=1S/C15H10Cl2N2OS/c16-10-3-1-9(2-4-10)13-8-21-15(19-13)18-11-5-6-14(20)12(17)7-11/h1-8,20H,(H,18,19). The lowest BCUT2D eigenvalue weighted by atomic mass is 10.2. The smallest absolute Gasteiger partial charge is 0.187 e. The summed E-state index contributed by atoms with van der Waals surface area (Å²) in [6, 6.07) is 12.5. The molecule has 3 rings (SSSR count). The second kappa shape index (κ2) is 5.93. The molecule has 6 heteroatoms. The summed E-state index contributed by atoms with van der Waals surface area (Å²) in [7, 11) is 0. The molecule has 0 aliphatic carbocycles. The maximum absolute atomic E-state index is 9.40. The first-order valence-electron chi connectivity index (χ1n) is 6.09. The first-order chi connectivity index (χ1) is 10.1. The zero-order valence-corrected chi connectivity index (χ0v) is 13.0. The van der Waals surface area contributed by atoms with Crippen LogP contribution in [0, 0.1) is 0 Å². The summed E-state index contributed by atoms with van der Waals surface area (Å²) in [4.78, 5) is 4.52. The second-order valence-corrected chi connectivity index (χ2v) is 6.04. The zero-order valence-electron chi connectivity index (χ0n) is 10.7. The highest BCUT2D eigenvalue weighted by Crippen LogP contribution is 2.31. The van der Waals surface area contributed by atoms with E-state index in [-0.39, 0.29) is 5.75 Å². The van der Waals surface area contributed by atoms with E-state index >= 15 is 0 Å². The number of nitrogens with zero attached hydrogens (tertiary/aromatic N) is 1. The maximum Gasteiger partial charge on any atom is 0.187 e.